The van der Waals surface area contributed by atoms with Gasteiger partial charge >= 0.3 is 5.97 Å². The number of anilines is 1. The molecule has 2 aliphatic rings. The highest BCUT2D eigenvalue weighted by molar-refractivity contribution is 5.93. The largest absolute Gasteiger partial charge is 0.478 e. The van der Waals surface area contributed by atoms with E-state index in [-0.39, 0.29) is 0 Å². The second-order valence-electron chi connectivity index (χ2n) is 5.96. The average molecular weight is 274 g/mol. The molecule has 4 heteroatoms. The molecule has 0 aromatic carbocycles. The molecule has 4 nitrogen and oxygen atoms in total. The lowest BCUT2D eigenvalue weighted by molar-refractivity contribution is 0.0697. The number of aromatic carboxylic acids is 1. The highest BCUT2D eigenvalue weighted by atomic mass is 16.4. The van der Waals surface area contributed by atoms with E-state index in [9.17, 15) is 9.90 Å². The molecule has 1 saturated carbocycles. The summed E-state index contributed by atoms with van der Waals surface area (Å²) in [4.78, 5) is 18.4. The number of aromatic nitrogens is 1. The Hall–Kier alpha value is -1.58. The number of rotatable bonds is 5. The van der Waals surface area contributed by atoms with Crippen molar-refractivity contribution >= 4 is 11.8 Å². The summed E-state index contributed by atoms with van der Waals surface area (Å²) < 4.78 is 0. The predicted octanol–water partition coefficient (Wildman–Crippen LogP) is 2.89. The van der Waals surface area contributed by atoms with Crippen LogP contribution < -0.4 is 4.90 Å². The van der Waals surface area contributed by atoms with Gasteiger partial charge in [-0.15, -0.1) is 0 Å². The van der Waals surface area contributed by atoms with E-state index in [1.807, 2.05) is 6.07 Å². The fourth-order valence-electron chi connectivity index (χ4n) is 3.00. The van der Waals surface area contributed by atoms with Gasteiger partial charge < -0.3 is 10.0 Å². The van der Waals surface area contributed by atoms with Gasteiger partial charge in [0, 0.05) is 18.8 Å². The normalized spacial score (nSPS) is 17.6. The monoisotopic (exact) mass is 274 g/mol. The number of carbonyl (C=O) groups is 1. The van der Waals surface area contributed by atoms with E-state index in [4.69, 9.17) is 4.98 Å². The fraction of sp³-hybridized carbons (Fsp3) is 0.625. The fourth-order valence-corrected chi connectivity index (χ4v) is 3.00. The van der Waals surface area contributed by atoms with Crippen molar-refractivity contribution in [2.24, 2.45) is 5.92 Å². The van der Waals surface area contributed by atoms with E-state index < -0.39 is 5.97 Å². The molecule has 0 saturated heterocycles. The Bertz CT molecular complexity index is 523. The maximum absolute atomic E-state index is 11.6. The molecule has 0 spiro atoms. The molecule has 0 amide bonds. The summed E-state index contributed by atoms with van der Waals surface area (Å²) in [6, 6.07) is 1.87. The number of carboxylic acids is 1. The molecule has 1 heterocycles. The summed E-state index contributed by atoms with van der Waals surface area (Å²) in [6.07, 6.45) is 6.81. The Morgan fingerprint density at radius 2 is 2.15 bits per heavy atom. The van der Waals surface area contributed by atoms with Gasteiger partial charge in [0.25, 0.3) is 0 Å². The van der Waals surface area contributed by atoms with Crippen LogP contribution in [0.25, 0.3) is 0 Å². The minimum Gasteiger partial charge on any atom is -0.478 e. The third-order valence-electron chi connectivity index (χ3n) is 4.37. The van der Waals surface area contributed by atoms with Gasteiger partial charge in [0.1, 0.15) is 11.4 Å². The van der Waals surface area contributed by atoms with Gasteiger partial charge in [0.2, 0.25) is 0 Å². The average Bonchev–Trinajstić information content (AvgIpc) is 3.27. The van der Waals surface area contributed by atoms with Crippen LogP contribution in [0.2, 0.25) is 0 Å². The van der Waals surface area contributed by atoms with E-state index in [0.717, 1.165) is 49.5 Å². The van der Waals surface area contributed by atoms with Gasteiger partial charge in [-0.25, -0.2) is 9.78 Å². The molecule has 1 fully saturated rings. The van der Waals surface area contributed by atoms with Gasteiger partial charge in [-0.05, 0) is 63.0 Å². The number of hydrogen-bond donors (Lipinski definition) is 1. The zero-order chi connectivity index (χ0) is 14.1. The topological polar surface area (TPSA) is 53.4 Å². The first-order chi connectivity index (χ1) is 9.69. The molecule has 1 aromatic rings. The van der Waals surface area contributed by atoms with Crippen LogP contribution in [0, 0.1) is 5.92 Å². The van der Waals surface area contributed by atoms with Crippen LogP contribution in [0.5, 0.6) is 0 Å². The van der Waals surface area contributed by atoms with Crippen molar-refractivity contribution in [2.45, 2.75) is 45.4 Å². The lowest BCUT2D eigenvalue weighted by Gasteiger charge is -2.26. The SMILES string of the molecule is CCN(CC1CC1)c1nc2c(cc1C(=O)O)CCCC2. The van der Waals surface area contributed by atoms with Crippen LogP contribution in [-0.2, 0) is 12.8 Å². The summed E-state index contributed by atoms with van der Waals surface area (Å²) in [7, 11) is 0. The van der Waals surface area contributed by atoms with Crippen LogP contribution in [0.4, 0.5) is 5.82 Å². The lowest BCUT2D eigenvalue weighted by Crippen LogP contribution is -2.29. The molecule has 0 unspecified atom stereocenters. The number of hydrogen-bond acceptors (Lipinski definition) is 3. The van der Waals surface area contributed by atoms with Crippen molar-refractivity contribution in [2.75, 3.05) is 18.0 Å². The highest BCUT2D eigenvalue weighted by Gasteiger charge is 2.27. The minimum atomic E-state index is -0.852. The standard InChI is InChI=1S/C16H22N2O2/c1-2-18(10-11-7-8-11)15-13(16(19)20)9-12-5-3-4-6-14(12)17-15/h9,11H,2-8,10H2,1H3,(H,19,20). The molecule has 1 aromatic heterocycles. The summed E-state index contributed by atoms with van der Waals surface area (Å²) in [5.74, 6) is 0.567. The molecule has 1 N–H and O–H groups in total. The zero-order valence-electron chi connectivity index (χ0n) is 12.1. The Kier molecular flexibility index (Phi) is 3.64. The number of aryl methyl sites for hydroxylation is 2. The predicted molar refractivity (Wildman–Crippen MR) is 78.4 cm³/mol. The van der Waals surface area contributed by atoms with Crippen LogP contribution in [0.15, 0.2) is 6.07 Å². The zero-order valence-corrected chi connectivity index (χ0v) is 12.1. The van der Waals surface area contributed by atoms with E-state index in [0.29, 0.717) is 11.4 Å². The summed E-state index contributed by atoms with van der Waals surface area (Å²) >= 11 is 0. The first kappa shape index (κ1) is 13.4. The number of pyridine rings is 1. The smallest absolute Gasteiger partial charge is 0.339 e. The highest BCUT2D eigenvalue weighted by Crippen LogP contribution is 2.33. The number of fused-ring (bicyclic) bond motifs is 1. The van der Waals surface area contributed by atoms with Crippen molar-refractivity contribution in [1.29, 1.82) is 0 Å². The Morgan fingerprint density at radius 1 is 1.40 bits per heavy atom. The Morgan fingerprint density at radius 3 is 2.80 bits per heavy atom. The van der Waals surface area contributed by atoms with E-state index in [1.54, 1.807) is 0 Å². The van der Waals surface area contributed by atoms with Crippen LogP contribution in [0.1, 0.15) is 54.2 Å². The van der Waals surface area contributed by atoms with Gasteiger partial charge in [-0.1, -0.05) is 0 Å². The molecule has 0 bridgehead atoms. The minimum absolute atomic E-state index is 0.383. The first-order valence-electron chi connectivity index (χ1n) is 7.70. The summed E-state index contributed by atoms with van der Waals surface area (Å²) in [5, 5.41) is 9.49. The van der Waals surface area contributed by atoms with Gasteiger partial charge in [-0.2, -0.15) is 0 Å². The van der Waals surface area contributed by atoms with Crippen LogP contribution in [0.3, 0.4) is 0 Å². The molecule has 108 valence electrons. The molecule has 0 radical (unpaired) electrons. The Balaban J connectivity index is 1.99. The summed E-state index contributed by atoms with van der Waals surface area (Å²) in [5.41, 5.74) is 2.64. The maximum Gasteiger partial charge on any atom is 0.339 e. The third-order valence-corrected chi connectivity index (χ3v) is 4.37. The molecule has 0 atom stereocenters. The Labute approximate surface area is 119 Å². The van der Waals surface area contributed by atoms with Gasteiger partial charge in [0.05, 0.1) is 0 Å². The third kappa shape index (κ3) is 2.65. The molecule has 2 aliphatic carbocycles. The van der Waals surface area contributed by atoms with Crippen molar-refractivity contribution in [3.05, 3.63) is 22.9 Å². The molecular formula is C16H22N2O2. The maximum atomic E-state index is 11.6. The van der Waals surface area contributed by atoms with Crippen molar-refractivity contribution in [3.8, 4) is 0 Å². The second-order valence-corrected chi connectivity index (χ2v) is 5.96. The van der Waals surface area contributed by atoms with Crippen molar-refractivity contribution in [1.82, 2.24) is 4.98 Å². The van der Waals surface area contributed by atoms with Gasteiger partial charge in [-0.3, -0.25) is 0 Å². The molecule has 0 aliphatic heterocycles. The molecule has 3 rings (SSSR count). The number of nitrogens with zero attached hydrogens (tertiary/aromatic N) is 2. The lowest BCUT2D eigenvalue weighted by atomic mass is 9.94. The van der Waals surface area contributed by atoms with Gasteiger partial charge in [0.15, 0.2) is 0 Å². The van der Waals surface area contributed by atoms with Crippen LogP contribution in [-0.4, -0.2) is 29.1 Å². The quantitative estimate of drug-likeness (QED) is 0.897. The van der Waals surface area contributed by atoms with Crippen molar-refractivity contribution in [3.63, 3.8) is 0 Å². The van der Waals surface area contributed by atoms with E-state index in [2.05, 4.69) is 11.8 Å². The second kappa shape index (κ2) is 5.43. The molecule has 20 heavy (non-hydrogen) atoms. The number of carboxylic acid groups (broad SMARTS) is 1. The van der Waals surface area contributed by atoms with E-state index in [1.165, 1.54) is 19.3 Å². The van der Waals surface area contributed by atoms with Crippen LogP contribution >= 0.6 is 0 Å². The molecular weight excluding hydrogens is 252 g/mol. The van der Waals surface area contributed by atoms with Crippen molar-refractivity contribution < 1.29 is 9.90 Å². The van der Waals surface area contributed by atoms with E-state index >= 15 is 0 Å². The summed E-state index contributed by atoms with van der Waals surface area (Å²) in [6.45, 7) is 3.85. The first-order valence-corrected chi connectivity index (χ1v) is 7.70.